The summed E-state index contributed by atoms with van der Waals surface area (Å²) >= 11 is 1.63. The molecule has 0 aromatic carbocycles. The third-order valence-electron chi connectivity index (χ3n) is 1.79. The third-order valence-corrected chi connectivity index (χ3v) is 2.52. The molecule has 0 spiro atoms. The fraction of sp³-hybridized carbons (Fsp3) is 0.667. The first kappa shape index (κ1) is 10.5. The SMILES string of the molecule is OCCCCCCNc1nccs1. The summed E-state index contributed by atoms with van der Waals surface area (Å²) in [6, 6.07) is 0. The van der Waals surface area contributed by atoms with E-state index in [-0.39, 0.29) is 0 Å². The van der Waals surface area contributed by atoms with Crippen molar-refractivity contribution in [2.24, 2.45) is 0 Å². The van der Waals surface area contributed by atoms with E-state index in [1.807, 2.05) is 5.38 Å². The molecule has 0 saturated carbocycles. The number of hydrogen-bond donors (Lipinski definition) is 2. The van der Waals surface area contributed by atoms with Gasteiger partial charge in [-0.3, -0.25) is 0 Å². The van der Waals surface area contributed by atoms with Crippen LogP contribution in [0.4, 0.5) is 5.13 Å². The van der Waals surface area contributed by atoms with Crippen LogP contribution in [0, 0.1) is 0 Å². The number of rotatable bonds is 7. The fourth-order valence-corrected chi connectivity index (χ4v) is 1.65. The summed E-state index contributed by atoms with van der Waals surface area (Å²) < 4.78 is 0. The molecule has 2 N–H and O–H groups in total. The molecule has 0 aliphatic carbocycles. The Morgan fingerprint density at radius 2 is 2.15 bits per heavy atom. The van der Waals surface area contributed by atoms with Gasteiger partial charge in [-0.2, -0.15) is 0 Å². The van der Waals surface area contributed by atoms with Crippen LogP contribution in [-0.2, 0) is 0 Å². The van der Waals surface area contributed by atoms with Crippen molar-refractivity contribution in [3.05, 3.63) is 11.6 Å². The highest BCUT2D eigenvalue weighted by Gasteiger charge is 1.92. The molecular weight excluding hydrogens is 184 g/mol. The van der Waals surface area contributed by atoms with E-state index in [2.05, 4.69) is 10.3 Å². The van der Waals surface area contributed by atoms with Gasteiger partial charge in [0.2, 0.25) is 0 Å². The van der Waals surface area contributed by atoms with E-state index in [0.29, 0.717) is 6.61 Å². The molecule has 0 bridgehead atoms. The maximum atomic E-state index is 8.55. The number of anilines is 1. The molecule has 0 unspecified atom stereocenters. The molecule has 0 radical (unpaired) electrons. The highest BCUT2D eigenvalue weighted by molar-refractivity contribution is 7.13. The lowest BCUT2D eigenvalue weighted by Crippen LogP contribution is -2.00. The summed E-state index contributed by atoms with van der Waals surface area (Å²) in [5.74, 6) is 0. The molecule has 0 fully saturated rings. The minimum atomic E-state index is 0.319. The van der Waals surface area contributed by atoms with E-state index < -0.39 is 0 Å². The number of aromatic nitrogens is 1. The normalized spacial score (nSPS) is 10.2. The first-order valence-corrected chi connectivity index (χ1v) is 5.55. The number of aliphatic hydroxyl groups excluding tert-OH is 1. The molecule has 4 heteroatoms. The van der Waals surface area contributed by atoms with Crippen molar-refractivity contribution < 1.29 is 5.11 Å². The van der Waals surface area contributed by atoms with Crippen LogP contribution in [0.15, 0.2) is 11.6 Å². The molecule has 1 heterocycles. The van der Waals surface area contributed by atoms with E-state index >= 15 is 0 Å². The van der Waals surface area contributed by atoms with Crippen molar-refractivity contribution in [2.45, 2.75) is 25.7 Å². The molecule has 3 nitrogen and oxygen atoms in total. The molecule has 74 valence electrons. The van der Waals surface area contributed by atoms with Gasteiger partial charge in [-0.25, -0.2) is 4.98 Å². The zero-order valence-corrected chi connectivity index (χ0v) is 8.52. The Hall–Kier alpha value is -0.610. The van der Waals surface area contributed by atoms with Gasteiger partial charge in [0.1, 0.15) is 0 Å². The van der Waals surface area contributed by atoms with Crippen LogP contribution in [0.25, 0.3) is 0 Å². The Balaban J connectivity index is 1.90. The van der Waals surface area contributed by atoms with E-state index in [9.17, 15) is 0 Å². The minimum Gasteiger partial charge on any atom is -0.396 e. The molecule has 0 atom stereocenters. The predicted molar refractivity (Wildman–Crippen MR) is 56.2 cm³/mol. The van der Waals surface area contributed by atoms with Crippen molar-refractivity contribution >= 4 is 16.5 Å². The molecule has 0 aliphatic rings. The van der Waals surface area contributed by atoms with Crippen molar-refractivity contribution in [1.82, 2.24) is 4.98 Å². The topological polar surface area (TPSA) is 45.1 Å². The first-order chi connectivity index (χ1) is 6.43. The van der Waals surface area contributed by atoms with Crippen molar-refractivity contribution in [3.63, 3.8) is 0 Å². The Kier molecular flexibility index (Phi) is 5.52. The van der Waals surface area contributed by atoms with E-state index in [0.717, 1.165) is 30.9 Å². The van der Waals surface area contributed by atoms with E-state index in [1.165, 1.54) is 6.42 Å². The van der Waals surface area contributed by atoms with Crippen LogP contribution in [-0.4, -0.2) is 23.2 Å². The van der Waals surface area contributed by atoms with E-state index in [4.69, 9.17) is 5.11 Å². The maximum absolute atomic E-state index is 8.55. The van der Waals surface area contributed by atoms with Gasteiger partial charge in [-0.15, -0.1) is 11.3 Å². The smallest absolute Gasteiger partial charge is 0.182 e. The predicted octanol–water partition coefficient (Wildman–Crippen LogP) is 2.11. The Morgan fingerprint density at radius 3 is 2.85 bits per heavy atom. The largest absolute Gasteiger partial charge is 0.396 e. The molecular formula is C9H16N2OS. The quantitative estimate of drug-likeness (QED) is 0.663. The summed E-state index contributed by atoms with van der Waals surface area (Å²) in [6.45, 7) is 1.30. The molecule has 0 amide bonds. The van der Waals surface area contributed by atoms with Crippen LogP contribution >= 0.6 is 11.3 Å². The van der Waals surface area contributed by atoms with Crippen LogP contribution in [0.2, 0.25) is 0 Å². The van der Waals surface area contributed by atoms with Gasteiger partial charge in [0.25, 0.3) is 0 Å². The zero-order valence-electron chi connectivity index (χ0n) is 7.70. The van der Waals surface area contributed by atoms with Crippen molar-refractivity contribution in [2.75, 3.05) is 18.5 Å². The molecule has 13 heavy (non-hydrogen) atoms. The average Bonchev–Trinajstić information content (AvgIpc) is 2.63. The van der Waals surface area contributed by atoms with E-state index in [1.54, 1.807) is 17.5 Å². The number of nitrogens with one attached hydrogen (secondary N) is 1. The number of hydrogen-bond acceptors (Lipinski definition) is 4. The first-order valence-electron chi connectivity index (χ1n) is 4.67. The molecule has 1 rings (SSSR count). The number of nitrogens with zero attached hydrogens (tertiary/aromatic N) is 1. The van der Waals surface area contributed by atoms with Crippen LogP contribution < -0.4 is 5.32 Å². The Morgan fingerprint density at radius 1 is 1.31 bits per heavy atom. The standard InChI is InChI=1S/C9H16N2OS/c12-7-4-2-1-3-5-10-9-11-6-8-13-9/h6,8,12H,1-5,7H2,(H,10,11). The van der Waals surface area contributed by atoms with Gasteiger partial charge < -0.3 is 10.4 Å². The van der Waals surface area contributed by atoms with Gasteiger partial charge in [0, 0.05) is 24.7 Å². The minimum absolute atomic E-state index is 0.319. The average molecular weight is 200 g/mol. The Labute approximate surface area is 82.8 Å². The fourth-order valence-electron chi connectivity index (χ4n) is 1.10. The molecule has 1 aromatic rings. The summed E-state index contributed by atoms with van der Waals surface area (Å²) in [5.41, 5.74) is 0. The second kappa shape index (κ2) is 6.86. The highest BCUT2D eigenvalue weighted by atomic mass is 32.1. The van der Waals surface area contributed by atoms with Crippen LogP contribution in [0.1, 0.15) is 25.7 Å². The third kappa shape index (κ3) is 4.85. The van der Waals surface area contributed by atoms with Crippen molar-refractivity contribution in [1.29, 1.82) is 0 Å². The summed E-state index contributed by atoms with van der Waals surface area (Å²) in [7, 11) is 0. The second-order valence-corrected chi connectivity index (χ2v) is 3.80. The molecule has 1 aromatic heterocycles. The van der Waals surface area contributed by atoms with Gasteiger partial charge in [-0.1, -0.05) is 12.8 Å². The highest BCUT2D eigenvalue weighted by Crippen LogP contribution is 2.10. The van der Waals surface area contributed by atoms with Crippen LogP contribution in [0.5, 0.6) is 0 Å². The number of aliphatic hydroxyl groups is 1. The van der Waals surface area contributed by atoms with Gasteiger partial charge in [0.05, 0.1) is 0 Å². The zero-order chi connectivity index (χ0) is 9.36. The summed E-state index contributed by atoms with van der Waals surface area (Å²) in [4.78, 5) is 4.12. The summed E-state index contributed by atoms with van der Waals surface area (Å²) in [5, 5.41) is 14.8. The Bertz CT molecular complexity index is 201. The maximum Gasteiger partial charge on any atom is 0.182 e. The number of unbranched alkanes of at least 4 members (excludes halogenated alkanes) is 3. The molecule has 0 saturated heterocycles. The lowest BCUT2D eigenvalue weighted by atomic mass is 10.2. The number of thiazole rings is 1. The van der Waals surface area contributed by atoms with Gasteiger partial charge >= 0.3 is 0 Å². The van der Waals surface area contributed by atoms with Crippen LogP contribution in [0.3, 0.4) is 0 Å². The van der Waals surface area contributed by atoms with Crippen molar-refractivity contribution in [3.8, 4) is 0 Å². The lowest BCUT2D eigenvalue weighted by molar-refractivity contribution is 0.283. The molecule has 0 aliphatic heterocycles. The second-order valence-electron chi connectivity index (χ2n) is 2.90. The van der Waals surface area contributed by atoms with Gasteiger partial charge in [0.15, 0.2) is 5.13 Å². The lowest BCUT2D eigenvalue weighted by Gasteiger charge is -2.01. The monoisotopic (exact) mass is 200 g/mol. The van der Waals surface area contributed by atoms with Gasteiger partial charge in [-0.05, 0) is 12.8 Å². The summed E-state index contributed by atoms with van der Waals surface area (Å²) in [6.07, 6.45) is 6.19.